The first-order valence-electron chi connectivity index (χ1n) is 5.27. The predicted octanol–water partition coefficient (Wildman–Crippen LogP) is 1.88. The van der Waals surface area contributed by atoms with Crippen LogP contribution in [0.1, 0.15) is 30.9 Å². The topological polar surface area (TPSA) is 29.9 Å². The van der Waals surface area contributed by atoms with Gasteiger partial charge in [0.2, 0.25) is 0 Å². The van der Waals surface area contributed by atoms with E-state index in [1.54, 1.807) is 0 Å². The standard InChI is InChI=1S/C11H17N3/c1-2-7-14-9-10(8-13-14)11-5-3-4-6-12-11/h2,8-9,11-12H,1,3-7H2. The monoisotopic (exact) mass is 191 g/mol. The van der Waals surface area contributed by atoms with Gasteiger partial charge in [0.1, 0.15) is 0 Å². The average Bonchev–Trinajstić information content (AvgIpc) is 2.68. The van der Waals surface area contributed by atoms with Crippen molar-refractivity contribution in [2.75, 3.05) is 6.54 Å². The summed E-state index contributed by atoms with van der Waals surface area (Å²) in [6.07, 6.45) is 9.81. The maximum absolute atomic E-state index is 4.29. The first kappa shape index (κ1) is 9.46. The molecule has 1 aromatic heterocycles. The highest BCUT2D eigenvalue weighted by Gasteiger charge is 2.15. The Morgan fingerprint density at radius 3 is 3.29 bits per heavy atom. The Morgan fingerprint density at radius 1 is 1.64 bits per heavy atom. The van der Waals surface area contributed by atoms with Gasteiger partial charge in [-0.2, -0.15) is 5.10 Å². The van der Waals surface area contributed by atoms with Crippen molar-refractivity contribution in [3.05, 3.63) is 30.6 Å². The maximum atomic E-state index is 4.29. The van der Waals surface area contributed by atoms with Crippen LogP contribution in [0.5, 0.6) is 0 Å². The number of allylic oxidation sites excluding steroid dienone is 1. The minimum absolute atomic E-state index is 0.516. The van der Waals surface area contributed by atoms with E-state index in [9.17, 15) is 0 Å². The lowest BCUT2D eigenvalue weighted by Crippen LogP contribution is -2.26. The molecule has 2 heterocycles. The van der Waals surface area contributed by atoms with Crippen LogP contribution in [0.15, 0.2) is 25.0 Å². The van der Waals surface area contributed by atoms with E-state index in [-0.39, 0.29) is 0 Å². The van der Waals surface area contributed by atoms with E-state index >= 15 is 0 Å². The summed E-state index contributed by atoms with van der Waals surface area (Å²) in [4.78, 5) is 0. The van der Waals surface area contributed by atoms with Gasteiger partial charge in [0.15, 0.2) is 0 Å². The Bertz CT molecular complexity index is 297. The minimum Gasteiger partial charge on any atom is -0.310 e. The van der Waals surface area contributed by atoms with Crippen LogP contribution < -0.4 is 5.32 Å². The molecule has 1 N–H and O–H groups in total. The van der Waals surface area contributed by atoms with Crippen LogP contribution in [0, 0.1) is 0 Å². The Kier molecular flexibility index (Phi) is 2.99. The summed E-state index contributed by atoms with van der Waals surface area (Å²) in [7, 11) is 0. The van der Waals surface area contributed by atoms with Crippen molar-refractivity contribution < 1.29 is 0 Å². The zero-order valence-electron chi connectivity index (χ0n) is 8.45. The van der Waals surface area contributed by atoms with Crippen LogP contribution in [-0.4, -0.2) is 16.3 Å². The van der Waals surface area contributed by atoms with Gasteiger partial charge in [-0.3, -0.25) is 4.68 Å². The number of aromatic nitrogens is 2. The fourth-order valence-corrected chi connectivity index (χ4v) is 1.93. The molecule has 0 saturated carbocycles. The highest BCUT2D eigenvalue weighted by atomic mass is 15.3. The number of nitrogens with one attached hydrogen (secondary N) is 1. The molecular formula is C11H17N3. The zero-order valence-corrected chi connectivity index (χ0v) is 8.45. The Balaban J connectivity index is 2.03. The molecule has 0 aromatic carbocycles. The third kappa shape index (κ3) is 2.04. The van der Waals surface area contributed by atoms with E-state index in [0.717, 1.165) is 13.1 Å². The normalized spacial score (nSPS) is 22.1. The van der Waals surface area contributed by atoms with Gasteiger partial charge in [-0.1, -0.05) is 12.5 Å². The number of hydrogen-bond donors (Lipinski definition) is 1. The molecule has 0 bridgehead atoms. The predicted molar refractivity (Wildman–Crippen MR) is 57.0 cm³/mol. The van der Waals surface area contributed by atoms with Gasteiger partial charge >= 0.3 is 0 Å². The van der Waals surface area contributed by atoms with E-state index in [1.165, 1.54) is 24.8 Å². The summed E-state index contributed by atoms with van der Waals surface area (Å²) in [6, 6.07) is 0.516. The fourth-order valence-electron chi connectivity index (χ4n) is 1.93. The first-order valence-corrected chi connectivity index (χ1v) is 5.27. The molecule has 1 saturated heterocycles. The van der Waals surface area contributed by atoms with Crippen molar-refractivity contribution in [3.63, 3.8) is 0 Å². The summed E-state index contributed by atoms with van der Waals surface area (Å²) in [5.41, 5.74) is 1.31. The van der Waals surface area contributed by atoms with Gasteiger partial charge in [0.25, 0.3) is 0 Å². The lowest BCUT2D eigenvalue weighted by atomic mass is 10.0. The zero-order chi connectivity index (χ0) is 9.80. The van der Waals surface area contributed by atoms with Crippen LogP contribution in [0.2, 0.25) is 0 Å². The first-order chi connectivity index (χ1) is 6.90. The van der Waals surface area contributed by atoms with Gasteiger partial charge in [-0.25, -0.2) is 0 Å². The largest absolute Gasteiger partial charge is 0.310 e. The quantitative estimate of drug-likeness (QED) is 0.739. The molecule has 14 heavy (non-hydrogen) atoms. The molecule has 2 rings (SSSR count). The SMILES string of the molecule is C=CCn1cc(C2CCCCN2)cn1. The van der Waals surface area contributed by atoms with E-state index in [4.69, 9.17) is 0 Å². The molecule has 0 radical (unpaired) electrons. The van der Waals surface area contributed by atoms with E-state index < -0.39 is 0 Å². The molecule has 1 atom stereocenters. The van der Waals surface area contributed by atoms with Gasteiger partial charge in [0.05, 0.1) is 12.7 Å². The average molecular weight is 191 g/mol. The van der Waals surface area contributed by atoms with Crippen molar-refractivity contribution in [2.24, 2.45) is 0 Å². The number of rotatable bonds is 3. The summed E-state index contributed by atoms with van der Waals surface area (Å²) < 4.78 is 1.93. The lowest BCUT2D eigenvalue weighted by Gasteiger charge is -2.22. The summed E-state index contributed by atoms with van der Waals surface area (Å²) in [6.45, 7) is 5.64. The maximum Gasteiger partial charge on any atom is 0.0587 e. The lowest BCUT2D eigenvalue weighted by molar-refractivity contribution is 0.412. The van der Waals surface area contributed by atoms with Crippen LogP contribution >= 0.6 is 0 Å². The third-order valence-corrected chi connectivity index (χ3v) is 2.68. The number of hydrogen-bond acceptors (Lipinski definition) is 2. The number of nitrogens with zero attached hydrogens (tertiary/aromatic N) is 2. The summed E-state index contributed by atoms with van der Waals surface area (Å²) in [5, 5.41) is 7.80. The van der Waals surface area contributed by atoms with Crippen LogP contribution in [0.25, 0.3) is 0 Å². The summed E-state index contributed by atoms with van der Waals surface area (Å²) in [5.74, 6) is 0. The Morgan fingerprint density at radius 2 is 2.57 bits per heavy atom. The summed E-state index contributed by atoms with van der Waals surface area (Å²) >= 11 is 0. The Hall–Kier alpha value is -1.09. The molecule has 1 unspecified atom stereocenters. The fraction of sp³-hybridized carbons (Fsp3) is 0.545. The molecule has 0 spiro atoms. The van der Waals surface area contributed by atoms with E-state index in [0.29, 0.717) is 6.04 Å². The highest BCUT2D eigenvalue weighted by Crippen LogP contribution is 2.21. The van der Waals surface area contributed by atoms with Crippen molar-refractivity contribution in [1.29, 1.82) is 0 Å². The van der Waals surface area contributed by atoms with Crippen LogP contribution in [0.4, 0.5) is 0 Å². The molecule has 1 fully saturated rings. The van der Waals surface area contributed by atoms with Crippen LogP contribution in [0.3, 0.4) is 0 Å². The molecular weight excluding hydrogens is 174 g/mol. The van der Waals surface area contributed by atoms with Crippen molar-refractivity contribution in [3.8, 4) is 0 Å². The highest BCUT2D eigenvalue weighted by molar-refractivity contribution is 5.11. The van der Waals surface area contributed by atoms with Crippen LogP contribution in [-0.2, 0) is 6.54 Å². The second-order valence-electron chi connectivity index (χ2n) is 3.79. The molecule has 0 amide bonds. The molecule has 76 valence electrons. The molecule has 1 aromatic rings. The second-order valence-corrected chi connectivity index (χ2v) is 3.79. The van der Waals surface area contributed by atoms with Gasteiger partial charge in [0, 0.05) is 17.8 Å². The van der Waals surface area contributed by atoms with E-state index in [2.05, 4.69) is 23.2 Å². The van der Waals surface area contributed by atoms with Crippen molar-refractivity contribution in [2.45, 2.75) is 31.8 Å². The second kappa shape index (κ2) is 4.42. The number of piperidine rings is 1. The van der Waals surface area contributed by atoms with Gasteiger partial charge in [-0.05, 0) is 19.4 Å². The molecule has 1 aliphatic rings. The molecule has 1 aliphatic heterocycles. The van der Waals surface area contributed by atoms with E-state index in [1.807, 2.05) is 17.0 Å². The van der Waals surface area contributed by atoms with Gasteiger partial charge < -0.3 is 5.32 Å². The molecule has 3 heteroatoms. The van der Waals surface area contributed by atoms with Crippen molar-refractivity contribution >= 4 is 0 Å². The molecule has 0 aliphatic carbocycles. The minimum atomic E-state index is 0.516. The smallest absolute Gasteiger partial charge is 0.0587 e. The van der Waals surface area contributed by atoms with Crippen molar-refractivity contribution in [1.82, 2.24) is 15.1 Å². The van der Waals surface area contributed by atoms with Gasteiger partial charge in [-0.15, -0.1) is 6.58 Å². The molecule has 3 nitrogen and oxygen atoms in total. The third-order valence-electron chi connectivity index (χ3n) is 2.68. The Labute approximate surface area is 84.8 Å².